The largest absolute Gasteiger partial charge is 0.398 e. The third kappa shape index (κ3) is 2.18. The van der Waals surface area contributed by atoms with Gasteiger partial charge in [-0.15, -0.1) is 0 Å². The highest BCUT2D eigenvalue weighted by molar-refractivity contribution is 5.52. The van der Waals surface area contributed by atoms with E-state index in [1.54, 1.807) is 12.1 Å². The predicted molar refractivity (Wildman–Crippen MR) is 51.5 cm³/mol. The van der Waals surface area contributed by atoms with Crippen LogP contribution in [0, 0.1) is 10.1 Å². The molecule has 1 rings (SSSR count). The van der Waals surface area contributed by atoms with E-state index in [1.807, 2.05) is 6.92 Å². The van der Waals surface area contributed by atoms with E-state index in [1.165, 1.54) is 6.07 Å². The summed E-state index contributed by atoms with van der Waals surface area (Å²) in [6.45, 7) is 2.01. The molecule has 0 aliphatic rings. The molecule has 0 spiro atoms. The molecule has 0 heterocycles. The van der Waals surface area contributed by atoms with Gasteiger partial charge in [-0.3, -0.25) is 10.1 Å². The van der Waals surface area contributed by atoms with Crippen LogP contribution in [0.1, 0.15) is 18.9 Å². The molecular formula is C9H12N2O2. The van der Waals surface area contributed by atoms with E-state index in [0.29, 0.717) is 5.69 Å². The fraction of sp³-hybridized carbons (Fsp3) is 0.333. The number of nitrogens with zero attached hydrogens (tertiary/aromatic N) is 1. The number of anilines is 1. The summed E-state index contributed by atoms with van der Waals surface area (Å²) in [7, 11) is 0. The monoisotopic (exact) mass is 180 g/mol. The minimum Gasteiger partial charge on any atom is -0.398 e. The van der Waals surface area contributed by atoms with E-state index in [-0.39, 0.29) is 5.69 Å². The minimum atomic E-state index is -0.404. The second kappa shape index (κ2) is 3.89. The van der Waals surface area contributed by atoms with Crippen LogP contribution in [0.2, 0.25) is 0 Å². The SMILES string of the molecule is CCCc1cc([N+](=O)[O-])ccc1N. The van der Waals surface area contributed by atoms with E-state index in [4.69, 9.17) is 5.73 Å². The van der Waals surface area contributed by atoms with Gasteiger partial charge < -0.3 is 5.73 Å². The number of hydrogen-bond acceptors (Lipinski definition) is 3. The fourth-order valence-corrected chi connectivity index (χ4v) is 1.19. The number of non-ortho nitro benzene ring substituents is 1. The van der Waals surface area contributed by atoms with Gasteiger partial charge in [-0.05, 0) is 18.1 Å². The third-order valence-electron chi connectivity index (χ3n) is 1.86. The van der Waals surface area contributed by atoms with Crippen LogP contribution in [0.4, 0.5) is 11.4 Å². The summed E-state index contributed by atoms with van der Waals surface area (Å²) >= 11 is 0. The number of nitro groups is 1. The standard InChI is InChI=1S/C9H12N2O2/c1-2-3-7-6-8(11(12)13)4-5-9(7)10/h4-6H,2-3,10H2,1H3. The maximum atomic E-state index is 10.4. The van der Waals surface area contributed by atoms with E-state index in [2.05, 4.69) is 0 Å². The first-order chi connectivity index (χ1) is 6.15. The van der Waals surface area contributed by atoms with Gasteiger partial charge in [-0.1, -0.05) is 13.3 Å². The van der Waals surface area contributed by atoms with E-state index >= 15 is 0 Å². The molecule has 70 valence electrons. The van der Waals surface area contributed by atoms with Gasteiger partial charge in [-0.25, -0.2) is 0 Å². The molecule has 4 heteroatoms. The van der Waals surface area contributed by atoms with Crippen molar-refractivity contribution in [2.45, 2.75) is 19.8 Å². The molecule has 1 aromatic rings. The Kier molecular flexibility index (Phi) is 2.84. The molecule has 0 aromatic heterocycles. The summed E-state index contributed by atoms with van der Waals surface area (Å²) in [5.74, 6) is 0. The molecule has 0 amide bonds. The van der Waals surface area contributed by atoms with Crippen LogP contribution in [0.25, 0.3) is 0 Å². The molecule has 0 saturated heterocycles. The number of rotatable bonds is 3. The van der Waals surface area contributed by atoms with Crippen molar-refractivity contribution < 1.29 is 4.92 Å². The quantitative estimate of drug-likeness (QED) is 0.440. The predicted octanol–water partition coefficient (Wildman–Crippen LogP) is 2.13. The van der Waals surface area contributed by atoms with Crippen molar-refractivity contribution in [3.05, 3.63) is 33.9 Å². The molecule has 0 unspecified atom stereocenters. The lowest BCUT2D eigenvalue weighted by Gasteiger charge is -2.02. The summed E-state index contributed by atoms with van der Waals surface area (Å²) in [6, 6.07) is 4.55. The Balaban J connectivity index is 3.03. The van der Waals surface area contributed by atoms with Crippen molar-refractivity contribution in [1.29, 1.82) is 0 Å². The molecule has 0 aliphatic carbocycles. The molecule has 4 nitrogen and oxygen atoms in total. The van der Waals surface area contributed by atoms with Crippen molar-refractivity contribution in [2.75, 3.05) is 5.73 Å². The van der Waals surface area contributed by atoms with Gasteiger partial charge >= 0.3 is 0 Å². The van der Waals surface area contributed by atoms with Crippen molar-refractivity contribution in [2.24, 2.45) is 0 Å². The smallest absolute Gasteiger partial charge is 0.269 e. The van der Waals surface area contributed by atoms with Crippen molar-refractivity contribution >= 4 is 11.4 Å². The number of hydrogen-bond donors (Lipinski definition) is 1. The van der Waals surface area contributed by atoms with Crippen LogP contribution < -0.4 is 5.73 Å². The highest BCUT2D eigenvalue weighted by Gasteiger charge is 2.07. The lowest BCUT2D eigenvalue weighted by molar-refractivity contribution is -0.384. The number of aryl methyl sites for hydroxylation is 1. The minimum absolute atomic E-state index is 0.109. The summed E-state index contributed by atoms with van der Waals surface area (Å²) in [6.07, 6.45) is 1.72. The Hall–Kier alpha value is -1.58. The zero-order chi connectivity index (χ0) is 9.84. The summed E-state index contributed by atoms with van der Waals surface area (Å²) in [4.78, 5) is 10.0. The lowest BCUT2D eigenvalue weighted by Crippen LogP contribution is -1.96. The van der Waals surface area contributed by atoms with Crippen LogP contribution >= 0.6 is 0 Å². The number of benzene rings is 1. The molecule has 0 bridgehead atoms. The highest BCUT2D eigenvalue weighted by atomic mass is 16.6. The first-order valence-electron chi connectivity index (χ1n) is 4.18. The normalized spacial score (nSPS) is 9.92. The molecule has 1 aromatic carbocycles. The summed E-state index contributed by atoms with van der Waals surface area (Å²) in [5.41, 5.74) is 7.25. The van der Waals surface area contributed by atoms with Crippen molar-refractivity contribution in [1.82, 2.24) is 0 Å². The Morgan fingerprint density at radius 2 is 2.23 bits per heavy atom. The lowest BCUT2D eigenvalue weighted by atomic mass is 10.1. The fourth-order valence-electron chi connectivity index (χ4n) is 1.19. The molecule has 13 heavy (non-hydrogen) atoms. The second-order valence-electron chi connectivity index (χ2n) is 2.89. The maximum Gasteiger partial charge on any atom is 0.269 e. The van der Waals surface area contributed by atoms with Crippen LogP contribution in [-0.2, 0) is 6.42 Å². The van der Waals surface area contributed by atoms with Gasteiger partial charge in [-0.2, -0.15) is 0 Å². The van der Waals surface area contributed by atoms with Gasteiger partial charge in [0, 0.05) is 17.8 Å². The molecular weight excluding hydrogens is 168 g/mol. The number of nitrogen functional groups attached to an aromatic ring is 1. The Morgan fingerprint density at radius 1 is 1.54 bits per heavy atom. The topological polar surface area (TPSA) is 69.2 Å². The maximum absolute atomic E-state index is 10.4. The van der Waals surface area contributed by atoms with Crippen LogP contribution in [0.3, 0.4) is 0 Å². The summed E-state index contributed by atoms with van der Waals surface area (Å²) in [5, 5.41) is 10.4. The van der Waals surface area contributed by atoms with E-state index in [9.17, 15) is 10.1 Å². The third-order valence-corrected chi connectivity index (χ3v) is 1.86. The van der Waals surface area contributed by atoms with Gasteiger partial charge in [0.25, 0.3) is 5.69 Å². The van der Waals surface area contributed by atoms with Crippen LogP contribution in [-0.4, -0.2) is 4.92 Å². The zero-order valence-electron chi connectivity index (χ0n) is 7.49. The Labute approximate surface area is 76.5 Å². The first-order valence-corrected chi connectivity index (χ1v) is 4.18. The molecule has 0 fully saturated rings. The number of nitro benzene ring substituents is 1. The Morgan fingerprint density at radius 3 is 2.77 bits per heavy atom. The van der Waals surface area contributed by atoms with Crippen molar-refractivity contribution in [3.63, 3.8) is 0 Å². The highest BCUT2D eigenvalue weighted by Crippen LogP contribution is 2.20. The molecule has 0 atom stereocenters. The van der Waals surface area contributed by atoms with Gasteiger partial charge in [0.05, 0.1) is 4.92 Å². The van der Waals surface area contributed by atoms with Gasteiger partial charge in [0.1, 0.15) is 0 Å². The molecule has 0 saturated carbocycles. The zero-order valence-corrected chi connectivity index (χ0v) is 7.49. The number of nitrogens with two attached hydrogens (primary N) is 1. The van der Waals surface area contributed by atoms with Crippen LogP contribution in [0.15, 0.2) is 18.2 Å². The average molecular weight is 180 g/mol. The Bertz CT molecular complexity index is 323. The first kappa shape index (κ1) is 9.51. The van der Waals surface area contributed by atoms with E-state index in [0.717, 1.165) is 18.4 Å². The van der Waals surface area contributed by atoms with Gasteiger partial charge in [0.15, 0.2) is 0 Å². The van der Waals surface area contributed by atoms with Crippen molar-refractivity contribution in [3.8, 4) is 0 Å². The molecule has 0 aliphatic heterocycles. The van der Waals surface area contributed by atoms with E-state index < -0.39 is 4.92 Å². The van der Waals surface area contributed by atoms with Crippen LogP contribution in [0.5, 0.6) is 0 Å². The molecule has 0 radical (unpaired) electrons. The average Bonchev–Trinajstić information content (AvgIpc) is 2.08. The second-order valence-corrected chi connectivity index (χ2v) is 2.89. The molecule has 2 N–H and O–H groups in total. The summed E-state index contributed by atoms with van der Waals surface area (Å²) < 4.78 is 0. The van der Waals surface area contributed by atoms with Gasteiger partial charge in [0.2, 0.25) is 0 Å².